The van der Waals surface area contributed by atoms with Gasteiger partial charge in [0.15, 0.2) is 4.90 Å². The minimum atomic E-state index is -4.50. The van der Waals surface area contributed by atoms with Gasteiger partial charge in [-0.2, -0.15) is 0 Å². The molecular formula is C3H6Cl4O4P2. The van der Waals surface area contributed by atoms with Crippen molar-refractivity contribution in [2.24, 2.45) is 0 Å². The second-order valence-corrected chi connectivity index (χ2v) is 10.5. The van der Waals surface area contributed by atoms with Gasteiger partial charge < -0.3 is 9.79 Å². The normalized spacial score (nSPS) is 26.2. The molecule has 2 atom stereocenters. The van der Waals surface area contributed by atoms with Gasteiger partial charge in [-0.25, -0.2) is 0 Å². The second kappa shape index (κ2) is 4.19. The Hall–Kier alpha value is 1.54. The lowest BCUT2D eigenvalue weighted by atomic mass is 10.5. The molecule has 0 rings (SSSR count). The van der Waals surface area contributed by atoms with Crippen molar-refractivity contribution in [2.75, 3.05) is 0 Å². The van der Waals surface area contributed by atoms with E-state index in [1.54, 1.807) is 0 Å². The van der Waals surface area contributed by atoms with E-state index in [-0.39, 0.29) is 0 Å². The zero-order chi connectivity index (χ0) is 11.1. The molecule has 0 aromatic rings. The van der Waals surface area contributed by atoms with Crippen molar-refractivity contribution >= 4 is 59.1 Å². The molecule has 10 heteroatoms. The average Bonchev–Trinajstić information content (AvgIpc) is 1.80. The first-order chi connectivity index (χ1) is 5.44. The van der Waals surface area contributed by atoms with Gasteiger partial charge in [-0.05, 0) is 29.4 Å². The Labute approximate surface area is 94.6 Å². The molecule has 0 fully saturated rings. The van der Waals surface area contributed by atoms with Gasteiger partial charge in [0.05, 0.1) is 0 Å². The summed E-state index contributed by atoms with van der Waals surface area (Å²) in [6.45, 7) is -8.13. The Kier molecular flexibility index (Phi) is 4.69. The summed E-state index contributed by atoms with van der Waals surface area (Å²) in [4.78, 5) is 14.0. The molecule has 0 amide bonds. The molecule has 0 saturated heterocycles. The van der Waals surface area contributed by atoms with Crippen LogP contribution < -0.4 is 0 Å². The third-order valence-corrected chi connectivity index (χ3v) is 10.2. The molecule has 0 aromatic heterocycles. The monoisotopic (exact) mass is 308 g/mol. The lowest BCUT2D eigenvalue weighted by Gasteiger charge is -2.31. The van der Waals surface area contributed by atoms with Crippen molar-refractivity contribution in [3.63, 3.8) is 0 Å². The standard InChI is InChI=1S/C3H6Cl4O4P2/c1-3(2(4)5,12(6,8)9)13(7,10)11/h2H,1H3,(H,8,9)(H,10,11). The molecule has 0 bridgehead atoms. The summed E-state index contributed by atoms with van der Waals surface area (Å²) in [5.74, 6) is 0. The lowest BCUT2D eigenvalue weighted by Crippen LogP contribution is -2.29. The highest BCUT2D eigenvalue weighted by atomic mass is 35.7. The lowest BCUT2D eigenvalue weighted by molar-refractivity contribution is 0.448. The van der Waals surface area contributed by atoms with Gasteiger partial charge in [0.25, 0.3) is 0 Å². The van der Waals surface area contributed by atoms with Gasteiger partial charge in [0.1, 0.15) is 4.84 Å². The maximum atomic E-state index is 11.1. The fraction of sp³-hybridized carbons (Fsp3) is 1.00. The number of hydrogen-bond acceptors (Lipinski definition) is 2. The minimum Gasteiger partial charge on any atom is -0.332 e. The first-order valence-corrected chi connectivity index (χ1v) is 8.78. The van der Waals surface area contributed by atoms with Crippen LogP contribution in [0, 0.1) is 0 Å². The van der Waals surface area contributed by atoms with E-state index in [2.05, 4.69) is 0 Å². The summed E-state index contributed by atoms with van der Waals surface area (Å²) in [6.07, 6.45) is 0. The zero-order valence-electron chi connectivity index (χ0n) is 6.19. The van der Waals surface area contributed by atoms with E-state index in [4.69, 9.17) is 55.5 Å². The smallest absolute Gasteiger partial charge is 0.306 e. The molecule has 0 saturated carbocycles. The van der Waals surface area contributed by atoms with Crippen LogP contribution in [0.2, 0.25) is 0 Å². The molecule has 0 radical (unpaired) electrons. The molecule has 0 aliphatic rings. The summed E-state index contributed by atoms with van der Waals surface area (Å²) in [6, 6.07) is 0. The van der Waals surface area contributed by atoms with Gasteiger partial charge in [-0.1, -0.05) is 0 Å². The van der Waals surface area contributed by atoms with Crippen LogP contribution in [-0.2, 0) is 9.13 Å². The van der Waals surface area contributed by atoms with Gasteiger partial charge in [0.2, 0.25) is 0 Å². The van der Waals surface area contributed by atoms with E-state index in [9.17, 15) is 9.13 Å². The number of alkyl halides is 2. The van der Waals surface area contributed by atoms with Gasteiger partial charge in [-0.3, -0.25) is 9.13 Å². The van der Waals surface area contributed by atoms with Crippen molar-refractivity contribution in [1.29, 1.82) is 0 Å². The highest BCUT2D eigenvalue weighted by Gasteiger charge is 2.59. The highest BCUT2D eigenvalue weighted by molar-refractivity contribution is 8.01. The molecule has 13 heavy (non-hydrogen) atoms. The van der Waals surface area contributed by atoms with Crippen molar-refractivity contribution < 1.29 is 18.9 Å². The zero-order valence-corrected chi connectivity index (χ0v) is 11.0. The first kappa shape index (κ1) is 14.5. The van der Waals surface area contributed by atoms with Crippen LogP contribution in [0.15, 0.2) is 0 Å². The summed E-state index contributed by atoms with van der Waals surface area (Å²) in [7, 11) is 0. The van der Waals surface area contributed by atoms with Crippen LogP contribution in [0.4, 0.5) is 0 Å². The van der Waals surface area contributed by atoms with Crippen LogP contribution in [0.3, 0.4) is 0 Å². The molecule has 80 valence electrons. The summed E-state index contributed by atoms with van der Waals surface area (Å²) in [5.41, 5.74) is 0. The molecule has 0 aromatic carbocycles. The van der Waals surface area contributed by atoms with E-state index in [1.807, 2.05) is 0 Å². The van der Waals surface area contributed by atoms with Crippen LogP contribution >= 0.6 is 59.1 Å². The van der Waals surface area contributed by atoms with E-state index in [1.165, 1.54) is 0 Å². The minimum absolute atomic E-state index is 0.874. The Morgan fingerprint density at radius 3 is 1.38 bits per heavy atom. The van der Waals surface area contributed by atoms with Crippen LogP contribution in [-0.4, -0.2) is 19.5 Å². The second-order valence-electron chi connectivity index (χ2n) is 2.40. The first-order valence-electron chi connectivity index (χ1n) is 2.78. The molecular weight excluding hydrogens is 304 g/mol. The van der Waals surface area contributed by atoms with Gasteiger partial charge in [0, 0.05) is 0 Å². The Balaban J connectivity index is 5.50. The molecule has 0 aliphatic carbocycles. The predicted molar refractivity (Wildman–Crippen MR) is 55.3 cm³/mol. The number of halogens is 4. The Morgan fingerprint density at radius 2 is 1.38 bits per heavy atom. The van der Waals surface area contributed by atoms with Gasteiger partial charge >= 0.3 is 13.4 Å². The van der Waals surface area contributed by atoms with Gasteiger partial charge in [-0.15, -0.1) is 23.2 Å². The third-order valence-electron chi connectivity index (χ3n) is 1.53. The maximum Gasteiger partial charge on any atom is 0.306 e. The SMILES string of the molecule is CC(C(Cl)Cl)(P(=O)(O)Cl)P(=O)(O)Cl. The van der Waals surface area contributed by atoms with E-state index in [0.29, 0.717) is 0 Å². The van der Waals surface area contributed by atoms with Crippen LogP contribution in [0.25, 0.3) is 0 Å². The topological polar surface area (TPSA) is 74.6 Å². The van der Waals surface area contributed by atoms with Crippen LogP contribution in [0.5, 0.6) is 0 Å². The third kappa shape index (κ3) is 2.76. The molecule has 0 heterocycles. The van der Waals surface area contributed by atoms with Crippen molar-refractivity contribution in [1.82, 2.24) is 0 Å². The molecule has 2 unspecified atom stereocenters. The molecule has 2 N–H and O–H groups in total. The highest BCUT2D eigenvalue weighted by Crippen LogP contribution is 2.79. The van der Waals surface area contributed by atoms with Crippen LogP contribution in [0.1, 0.15) is 6.92 Å². The van der Waals surface area contributed by atoms with E-state index in [0.717, 1.165) is 6.92 Å². The Bertz CT molecular complexity index is 257. The molecule has 0 aliphatic heterocycles. The van der Waals surface area contributed by atoms with E-state index >= 15 is 0 Å². The summed E-state index contributed by atoms with van der Waals surface area (Å²) < 4.78 is 22.1. The fourth-order valence-electron chi connectivity index (χ4n) is 0.393. The molecule has 4 nitrogen and oxygen atoms in total. The van der Waals surface area contributed by atoms with E-state index < -0.39 is 23.2 Å². The fourth-order valence-corrected chi connectivity index (χ4v) is 7.06. The Morgan fingerprint density at radius 1 is 1.15 bits per heavy atom. The van der Waals surface area contributed by atoms with Crippen molar-refractivity contribution in [3.8, 4) is 0 Å². The quantitative estimate of drug-likeness (QED) is 0.619. The largest absolute Gasteiger partial charge is 0.332 e. The summed E-state index contributed by atoms with van der Waals surface area (Å²) >= 11 is 20.7. The predicted octanol–water partition coefficient (Wildman–Crippen LogP) is 3.35. The number of hydrogen-bond donors (Lipinski definition) is 2. The average molecular weight is 310 g/mol. The number of rotatable bonds is 3. The van der Waals surface area contributed by atoms with Crippen molar-refractivity contribution in [3.05, 3.63) is 0 Å². The molecule has 0 spiro atoms. The van der Waals surface area contributed by atoms with Crippen molar-refractivity contribution in [2.45, 2.75) is 16.7 Å². The summed E-state index contributed by atoms with van der Waals surface area (Å²) in [5, 5.41) is 0. The maximum absolute atomic E-state index is 11.1.